The Balaban J connectivity index is 0.00000441. The molecule has 0 saturated carbocycles. The first-order valence-corrected chi connectivity index (χ1v) is 8.23. The van der Waals surface area contributed by atoms with Crippen LogP contribution < -0.4 is 16.2 Å². The van der Waals surface area contributed by atoms with Crippen LogP contribution in [-0.2, 0) is 21.2 Å². The van der Waals surface area contributed by atoms with E-state index >= 15 is 0 Å². The molecule has 126 valence electrons. The molecule has 0 heterocycles. The predicted molar refractivity (Wildman–Crippen MR) is 90.5 cm³/mol. The van der Waals surface area contributed by atoms with Gasteiger partial charge >= 0.3 is 0 Å². The molecule has 8 heteroatoms. The highest BCUT2D eigenvalue weighted by molar-refractivity contribution is 7.89. The third kappa shape index (κ3) is 5.24. The molecule has 1 amide bonds. The summed E-state index contributed by atoms with van der Waals surface area (Å²) in [6.45, 7) is 7.39. The number of anilines is 1. The molecule has 0 radical (unpaired) electrons. The lowest BCUT2D eigenvalue weighted by atomic mass is 9.87. The Labute approximate surface area is 138 Å². The lowest BCUT2D eigenvalue weighted by Gasteiger charge is -2.26. The molecule has 1 atom stereocenters. The van der Waals surface area contributed by atoms with E-state index < -0.39 is 21.5 Å². The Bertz CT molecular complexity index is 639. The van der Waals surface area contributed by atoms with Crippen molar-refractivity contribution in [2.75, 3.05) is 5.32 Å². The minimum atomic E-state index is -3.84. The quantitative estimate of drug-likeness (QED) is 0.766. The summed E-state index contributed by atoms with van der Waals surface area (Å²) in [7, 11) is -3.84. The second kappa shape index (κ2) is 7.41. The summed E-state index contributed by atoms with van der Waals surface area (Å²) in [5, 5.41) is 7.82. The number of benzene rings is 1. The lowest BCUT2D eigenvalue weighted by Crippen LogP contribution is -2.45. The highest BCUT2D eigenvalue weighted by Gasteiger charge is 2.27. The number of amides is 1. The Morgan fingerprint density at radius 1 is 1.32 bits per heavy atom. The van der Waals surface area contributed by atoms with Crippen LogP contribution in [0.1, 0.15) is 33.3 Å². The van der Waals surface area contributed by atoms with Crippen molar-refractivity contribution in [3.63, 3.8) is 0 Å². The number of primary sulfonamides is 1. The fourth-order valence-electron chi connectivity index (χ4n) is 1.80. The van der Waals surface area contributed by atoms with Crippen molar-refractivity contribution in [1.82, 2.24) is 0 Å². The average Bonchev–Trinajstić information content (AvgIpc) is 2.35. The minimum Gasteiger partial charge on any atom is -0.325 e. The molecule has 0 aromatic heterocycles. The Morgan fingerprint density at radius 3 is 2.27 bits per heavy atom. The van der Waals surface area contributed by atoms with Crippen LogP contribution in [0.4, 0.5) is 5.69 Å². The van der Waals surface area contributed by atoms with Crippen LogP contribution in [0.15, 0.2) is 23.1 Å². The summed E-state index contributed by atoms with van der Waals surface area (Å²) < 4.78 is 23.2. The van der Waals surface area contributed by atoms with Gasteiger partial charge in [-0.1, -0.05) is 33.8 Å². The first-order valence-electron chi connectivity index (χ1n) is 6.69. The Kier molecular flexibility index (Phi) is 7.02. The summed E-state index contributed by atoms with van der Waals surface area (Å²) in [5.41, 5.74) is 6.44. The molecule has 0 aliphatic heterocycles. The first-order chi connectivity index (χ1) is 9.46. The van der Waals surface area contributed by atoms with Gasteiger partial charge in [-0.05, 0) is 29.5 Å². The fraction of sp³-hybridized carbons (Fsp3) is 0.500. The van der Waals surface area contributed by atoms with Gasteiger partial charge in [0.05, 0.1) is 10.9 Å². The monoisotopic (exact) mass is 349 g/mol. The van der Waals surface area contributed by atoms with E-state index in [2.05, 4.69) is 5.32 Å². The third-order valence-corrected chi connectivity index (χ3v) is 4.23. The maximum absolute atomic E-state index is 12.1. The smallest absolute Gasteiger partial charge is 0.241 e. The van der Waals surface area contributed by atoms with E-state index in [9.17, 15) is 13.2 Å². The normalized spacial score (nSPS) is 13.2. The Hall–Kier alpha value is -1.15. The summed E-state index contributed by atoms with van der Waals surface area (Å²) in [6, 6.07) is 3.93. The summed E-state index contributed by atoms with van der Waals surface area (Å²) >= 11 is 0. The van der Waals surface area contributed by atoms with Crippen LogP contribution in [0.5, 0.6) is 0 Å². The van der Waals surface area contributed by atoms with Crippen molar-refractivity contribution in [3.8, 4) is 0 Å². The van der Waals surface area contributed by atoms with E-state index in [-0.39, 0.29) is 23.2 Å². The molecule has 0 bridgehead atoms. The van der Waals surface area contributed by atoms with Crippen LogP contribution in [0, 0.1) is 5.41 Å². The van der Waals surface area contributed by atoms with Crippen LogP contribution in [0.25, 0.3) is 0 Å². The van der Waals surface area contributed by atoms with E-state index in [1.807, 2.05) is 27.7 Å². The molecule has 0 saturated heterocycles. The number of aryl methyl sites for hydroxylation is 1. The number of hydrogen-bond donors (Lipinski definition) is 3. The zero-order valence-corrected chi connectivity index (χ0v) is 14.8. The van der Waals surface area contributed by atoms with E-state index in [4.69, 9.17) is 10.9 Å². The highest BCUT2D eigenvalue weighted by Crippen LogP contribution is 2.22. The van der Waals surface area contributed by atoms with E-state index in [0.717, 1.165) is 0 Å². The number of rotatable bonds is 4. The van der Waals surface area contributed by atoms with Gasteiger partial charge in [0, 0.05) is 5.69 Å². The van der Waals surface area contributed by atoms with Gasteiger partial charge in [0.2, 0.25) is 15.9 Å². The molecule has 22 heavy (non-hydrogen) atoms. The molecule has 0 aliphatic carbocycles. The fourth-order valence-corrected chi connectivity index (χ4v) is 2.67. The number of halogens is 1. The van der Waals surface area contributed by atoms with E-state index in [1.165, 1.54) is 6.07 Å². The van der Waals surface area contributed by atoms with Crippen molar-refractivity contribution in [1.29, 1.82) is 0 Å². The molecular weight excluding hydrogens is 326 g/mol. The van der Waals surface area contributed by atoms with Gasteiger partial charge in [0.1, 0.15) is 0 Å². The molecular formula is C14H24ClN3O3S. The van der Waals surface area contributed by atoms with Crippen LogP contribution in [0.2, 0.25) is 0 Å². The van der Waals surface area contributed by atoms with Gasteiger partial charge in [-0.3, -0.25) is 4.79 Å². The van der Waals surface area contributed by atoms with Crippen molar-refractivity contribution < 1.29 is 13.2 Å². The number of nitrogens with two attached hydrogens (primary N) is 2. The molecule has 0 fully saturated rings. The SMILES string of the molecule is CCc1ccc(NC(=O)[C@@H](N)C(C)(C)C)cc1S(N)(=O)=O.Cl. The van der Waals surface area contributed by atoms with Gasteiger partial charge in [-0.25, -0.2) is 13.6 Å². The van der Waals surface area contributed by atoms with Gasteiger partial charge in [-0.15, -0.1) is 12.4 Å². The van der Waals surface area contributed by atoms with Crippen molar-refractivity contribution in [3.05, 3.63) is 23.8 Å². The highest BCUT2D eigenvalue weighted by atomic mass is 35.5. The summed E-state index contributed by atoms with van der Waals surface area (Å²) in [4.78, 5) is 12.1. The maximum atomic E-state index is 12.1. The first kappa shape index (κ1) is 20.9. The zero-order chi connectivity index (χ0) is 16.4. The second-order valence-corrected chi connectivity index (χ2v) is 7.58. The predicted octanol–water partition coefficient (Wildman–Crippen LogP) is 1.63. The Morgan fingerprint density at radius 2 is 1.86 bits per heavy atom. The molecule has 1 aromatic carbocycles. The standard InChI is InChI=1S/C14H23N3O3S.ClH/c1-5-9-6-7-10(8-11(9)21(16,19)20)17-13(18)12(15)14(2,3)4;/h6-8,12H,5,15H2,1-4H3,(H,17,18)(H2,16,19,20);1H/t12-;/m1./s1. The van der Waals surface area contributed by atoms with Gasteiger partial charge in [0.15, 0.2) is 0 Å². The van der Waals surface area contributed by atoms with Crippen molar-refractivity contribution in [2.45, 2.75) is 45.1 Å². The molecule has 6 nitrogen and oxygen atoms in total. The molecule has 1 rings (SSSR count). The van der Waals surface area contributed by atoms with E-state index in [1.54, 1.807) is 12.1 Å². The average molecular weight is 350 g/mol. The molecule has 0 aliphatic rings. The number of sulfonamides is 1. The minimum absolute atomic E-state index is 0. The van der Waals surface area contributed by atoms with Crippen LogP contribution >= 0.6 is 12.4 Å². The zero-order valence-electron chi connectivity index (χ0n) is 13.2. The van der Waals surface area contributed by atoms with Crippen molar-refractivity contribution in [2.24, 2.45) is 16.3 Å². The van der Waals surface area contributed by atoms with Gasteiger partial charge < -0.3 is 11.1 Å². The van der Waals surface area contributed by atoms with Crippen LogP contribution in [-0.4, -0.2) is 20.4 Å². The van der Waals surface area contributed by atoms with Crippen LogP contribution in [0.3, 0.4) is 0 Å². The number of carbonyl (C=O) groups is 1. The van der Waals surface area contributed by atoms with Gasteiger partial charge in [0.25, 0.3) is 0 Å². The van der Waals surface area contributed by atoms with Crippen molar-refractivity contribution >= 4 is 34.0 Å². The summed E-state index contributed by atoms with van der Waals surface area (Å²) in [5.74, 6) is -0.368. The second-order valence-electron chi connectivity index (χ2n) is 6.05. The molecule has 5 N–H and O–H groups in total. The topological polar surface area (TPSA) is 115 Å². The molecule has 0 spiro atoms. The van der Waals surface area contributed by atoms with Gasteiger partial charge in [-0.2, -0.15) is 0 Å². The third-order valence-electron chi connectivity index (χ3n) is 3.24. The molecule has 1 aromatic rings. The maximum Gasteiger partial charge on any atom is 0.241 e. The number of carbonyl (C=O) groups excluding carboxylic acids is 1. The lowest BCUT2D eigenvalue weighted by molar-refractivity contribution is -0.119. The largest absolute Gasteiger partial charge is 0.325 e. The summed E-state index contributed by atoms with van der Waals surface area (Å²) in [6.07, 6.45) is 0.529. The van der Waals surface area contributed by atoms with E-state index in [0.29, 0.717) is 17.7 Å². The number of nitrogens with one attached hydrogen (secondary N) is 1. The molecule has 0 unspecified atom stereocenters. The number of hydrogen-bond acceptors (Lipinski definition) is 4.